The highest BCUT2D eigenvalue weighted by Gasteiger charge is 2.04. The van der Waals surface area contributed by atoms with E-state index in [1.54, 1.807) is 30.3 Å². The number of amides is 1. The summed E-state index contributed by atoms with van der Waals surface area (Å²) in [6, 6.07) is 7.06. The van der Waals surface area contributed by atoms with Crippen molar-refractivity contribution in [3.8, 4) is 0 Å². The van der Waals surface area contributed by atoms with E-state index in [1.165, 1.54) is 13.2 Å². The van der Waals surface area contributed by atoms with Gasteiger partial charge in [-0.3, -0.25) is 4.79 Å². The fourth-order valence-electron chi connectivity index (χ4n) is 1.82. The molecule has 4 nitrogen and oxygen atoms in total. The molecule has 4 heteroatoms. The number of carbonyl (C=O) groups excluding carboxylic acids is 2. The van der Waals surface area contributed by atoms with Crippen molar-refractivity contribution < 1.29 is 14.3 Å². The third-order valence-electron chi connectivity index (χ3n) is 2.87. The first-order valence-electron chi connectivity index (χ1n) is 6.73. The third kappa shape index (κ3) is 5.26. The van der Waals surface area contributed by atoms with E-state index in [0.29, 0.717) is 5.56 Å². The van der Waals surface area contributed by atoms with Gasteiger partial charge in [-0.05, 0) is 37.1 Å². The van der Waals surface area contributed by atoms with Crippen molar-refractivity contribution in [2.45, 2.75) is 32.7 Å². The van der Waals surface area contributed by atoms with E-state index in [9.17, 15) is 9.59 Å². The highest BCUT2D eigenvalue weighted by molar-refractivity contribution is 5.92. The molecular formula is C16H21NO3. The molecule has 0 saturated heterocycles. The van der Waals surface area contributed by atoms with E-state index in [4.69, 9.17) is 0 Å². The first kappa shape index (κ1) is 16.0. The van der Waals surface area contributed by atoms with E-state index in [0.717, 1.165) is 18.4 Å². The van der Waals surface area contributed by atoms with Crippen molar-refractivity contribution in [2.24, 2.45) is 0 Å². The topological polar surface area (TPSA) is 55.4 Å². The highest BCUT2D eigenvalue weighted by Crippen LogP contribution is 2.07. The first-order chi connectivity index (χ1) is 9.56. The van der Waals surface area contributed by atoms with E-state index in [2.05, 4.69) is 17.0 Å². The maximum atomic E-state index is 11.7. The van der Waals surface area contributed by atoms with Crippen molar-refractivity contribution in [3.05, 3.63) is 41.5 Å². The zero-order valence-electron chi connectivity index (χ0n) is 12.2. The van der Waals surface area contributed by atoms with Crippen molar-refractivity contribution in [2.75, 3.05) is 7.11 Å². The number of benzene rings is 1. The van der Waals surface area contributed by atoms with Crippen LogP contribution < -0.4 is 5.32 Å². The molecule has 0 saturated carbocycles. The molecule has 0 unspecified atom stereocenters. The predicted octanol–water partition coefficient (Wildman–Crippen LogP) is 2.79. The van der Waals surface area contributed by atoms with Crippen molar-refractivity contribution >= 4 is 18.0 Å². The second-order valence-electron chi connectivity index (χ2n) is 4.65. The van der Waals surface area contributed by atoms with Crippen LogP contribution in [0.15, 0.2) is 30.3 Å². The minimum absolute atomic E-state index is 0.108. The summed E-state index contributed by atoms with van der Waals surface area (Å²) in [5.41, 5.74) is 1.35. The molecule has 1 amide bonds. The molecule has 1 N–H and O–H groups in total. The van der Waals surface area contributed by atoms with E-state index in [1.807, 2.05) is 6.92 Å². The van der Waals surface area contributed by atoms with Crippen LogP contribution in [0.5, 0.6) is 0 Å². The first-order valence-corrected chi connectivity index (χ1v) is 6.73. The lowest BCUT2D eigenvalue weighted by atomic mass is 10.1. The molecule has 0 aliphatic carbocycles. The number of ether oxygens (including phenoxy) is 1. The SMILES string of the molecule is CCC[C@@H](C)NC(=O)/C=C/c1ccc(C(=O)OC)cc1. The summed E-state index contributed by atoms with van der Waals surface area (Å²) in [5, 5.41) is 2.89. The Balaban J connectivity index is 2.57. The van der Waals surface area contributed by atoms with Crippen LogP contribution in [0.4, 0.5) is 0 Å². The number of rotatable bonds is 6. The smallest absolute Gasteiger partial charge is 0.337 e. The van der Waals surface area contributed by atoms with Gasteiger partial charge in [0.2, 0.25) is 5.91 Å². The zero-order valence-corrected chi connectivity index (χ0v) is 12.2. The number of hydrogen-bond donors (Lipinski definition) is 1. The monoisotopic (exact) mass is 275 g/mol. The van der Waals surface area contributed by atoms with Gasteiger partial charge in [-0.15, -0.1) is 0 Å². The standard InChI is InChI=1S/C16H21NO3/c1-4-5-12(2)17-15(18)11-8-13-6-9-14(10-7-13)16(19)20-3/h6-12H,4-5H2,1-3H3,(H,17,18)/b11-8+/t12-/m1/s1. The third-order valence-corrected chi connectivity index (χ3v) is 2.87. The molecule has 0 radical (unpaired) electrons. The maximum Gasteiger partial charge on any atom is 0.337 e. The Bertz CT molecular complexity index is 477. The Morgan fingerprint density at radius 1 is 1.30 bits per heavy atom. The van der Waals surface area contributed by atoms with Crippen molar-refractivity contribution in [3.63, 3.8) is 0 Å². The van der Waals surface area contributed by atoms with E-state index < -0.39 is 0 Å². The van der Waals surface area contributed by atoms with Gasteiger partial charge in [0.15, 0.2) is 0 Å². The second kappa shape index (κ2) is 8.15. The molecule has 20 heavy (non-hydrogen) atoms. The van der Waals surface area contributed by atoms with Crippen LogP contribution in [0.25, 0.3) is 6.08 Å². The Kier molecular flexibility index (Phi) is 6.50. The molecule has 1 aromatic carbocycles. The lowest BCUT2D eigenvalue weighted by Gasteiger charge is -2.10. The van der Waals surface area contributed by atoms with Crippen LogP contribution in [0.2, 0.25) is 0 Å². The summed E-state index contributed by atoms with van der Waals surface area (Å²) in [6.45, 7) is 4.07. The molecular weight excluding hydrogens is 254 g/mol. The largest absolute Gasteiger partial charge is 0.465 e. The number of esters is 1. The van der Waals surface area contributed by atoms with E-state index >= 15 is 0 Å². The molecule has 0 aromatic heterocycles. The average Bonchev–Trinajstić information content (AvgIpc) is 2.45. The summed E-state index contributed by atoms with van der Waals surface area (Å²) in [5.74, 6) is -0.477. The zero-order chi connectivity index (χ0) is 15.0. The molecule has 1 aromatic rings. The number of hydrogen-bond acceptors (Lipinski definition) is 3. The summed E-state index contributed by atoms with van der Waals surface area (Å²) in [7, 11) is 1.35. The molecule has 1 atom stereocenters. The highest BCUT2D eigenvalue weighted by atomic mass is 16.5. The molecule has 0 aliphatic heterocycles. The fraction of sp³-hybridized carbons (Fsp3) is 0.375. The minimum atomic E-state index is -0.369. The summed E-state index contributed by atoms with van der Waals surface area (Å²) in [6.07, 6.45) is 5.22. The van der Waals surface area contributed by atoms with Gasteiger partial charge in [-0.1, -0.05) is 25.5 Å². The Morgan fingerprint density at radius 2 is 1.95 bits per heavy atom. The average molecular weight is 275 g/mol. The molecule has 0 aliphatic rings. The van der Waals surface area contributed by atoms with E-state index in [-0.39, 0.29) is 17.9 Å². The lowest BCUT2D eigenvalue weighted by Crippen LogP contribution is -2.30. The number of methoxy groups -OCH3 is 1. The molecule has 0 spiro atoms. The van der Waals surface area contributed by atoms with Gasteiger partial charge in [0.05, 0.1) is 12.7 Å². The van der Waals surface area contributed by atoms with Gasteiger partial charge in [-0.2, -0.15) is 0 Å². The number of carbonyl (C=O) groups is 2. The lowest BCUT2D eigenvalue weighted by molar-refractivity contribution is -0.117. The molecule has 1 rings (SSSR count). The van der Waals surface area contributed by atoms with Crippen LogP contribution in [-0.4, -0.2) is 25.0 Å². The van der Waals surface area contributed by atoms with Gasteiger partial charge in [0, 0.05) is 12.1 Å². The molecule has 108 valence electrons. The molecule has 0 bridgehead atoms. The van der Waals surface area contributed by atoms with Crippen LogP contribution in [0.1, 0.15) is 42.6 Å². The van der Waals surface area contributed by atoms with Crippen molar-refractivity contribution in [1.29, 1.82) is 0 Å². The predicted molar refractivity (Wildman–Crippen MR) is 79.3 cm³/mol. The minimum Gasteiger partial charge on any atom is -0.465 e. The van der Waals surface area contributed by atoms with Gasteiger partial charge < -0.3 is 10.1 Å². The van der Waals surface area contributed by atoms with Gasteiger partial charge in [0.1, 0.15) is 0 Å². The Hall–Kier alpha value is -2.10. The normalized spacial score (nSPS) is 12.2. The van der Waals surface area contributed by atoms with Crippen LogP contribution in [0, 0.1) is 0 Å². The quantitative estimate of drug-likeness (QED) is 0.641. The van der Waals surface area contributed by atoms with Gasteiger partial charge in [-0.25, -0.2) is 4.79 Å². The molecule has 0 fully saturated rings. The fourth-order valence-corrected chi connectivity index (χ4v) is 1.82. The summed E-state index contributed by atoms with van der Waals surface area (Å²) in [4.78, 5) is 22.9. The Morgan fingerprint density at radius 3 is 2.50 bits per heavy atom. The van der Waals surface area contributed by atoms with Crippen molar-refractivity contribution in [1.82, 2.24) is 5.32 Å². The second-order valence-corrected chi connectivity index (χ2v) is 4.65. The summed E-state index contributed by atoms with van der Waals surface area (Å²) < 4.78 is 4.62. The Labute approximate surface area is 119 Å². The van der Waals surface area contributed by atoms with Crippen LogP contribution in [0.3, 0.4) is 0 Å². The van der Waals surface area contributed by atoms with Gasteiger partial charge >= 0.3 is 5.97 Å². The van der Waals surface area contributed by atoms with Crippen LogP contribution in [-0.2, 0) is 9.53 Å². The number of nitrogens with one attached hydrogen (secondary N) is 1. The van der Waals surface area contributed by atoms with Crippen LogP contribution >= 0.6 is 0 Å². The molecule has 0 heterocycles. The summed E-state index contributed by atoms with van der Waals surface area (Å²) >= 11 is 0. The van der Waals surface area contributed by atoms with Gasteiger partial charge in [0.25, 0.3) is 0 Å². The maximum absolute atomic E-state index is 11.7.